The molecule has 0 spiro atoms. The Morgan fingerprint density at radius 3 is 2.69 bits per heavy atom. The van der Waals surface area contributed by atoms with E-state index in [1.807, 2.05) is 17.0 Å². The third kappa shape index (κ3) is 6.53. The van der Waals surface area contributed by atoms with E-state index in [-0.39, 0.29) is 30.9 Å². The molecular weight excluding hydrogens is 515 g/mol. The van der Waals surface area contributed by atoms with Crippen LogP contribution in [0.25, 0.3) is 0 Å². The van der Waals surface area contributed by atoms with Gasteiger partial charge in [-0.05, 0) is 59.7 Å². The van der Waals surface area contributed by atoms with Crippen LogP contribution in [0, 0.1) is 0 Å². The van der Waals surface area contributed by atoms with Crippen molar-refractivity contribution < 1.29 is 14.0 Å². The lowest BCUT2D eigenvalue weighted by Gasteiger charge is -2.38. The van der Waals surface area contributed by atoms with Crippen LogP contribution in [0.5, 0.6) is 0 Å². The average Bonchev–Trinajstić information content (AvgIpc) is 3.55. The van der Waals surface area contributed by atoms with Crippen LogP contribution in [-0.4, -0.2) is 34.7 Å². The quantitative estimate of drug-likeness (QED) is 0.234. The second-order valence-corrected chi connectivity index (χ2v) is 11.0. The van der Waals surface area contributed by atoms with Crippen LogP contribution in [0.3, 0.4) is 0 Å². The summed E-state index contributed by atoms with van der Waals surface area (Å²) in [6, 6.07) is 10.8. The second-order valence-electron chi connectivity index (χ2n) is 9.20. The summed E-state index contributed by atoms with van der Waals surface area (Å²) in [5, 5.41) is 3.14. The van der Waals surface area contributed by atoms with Gasteiger partial charge in [0.25, 0.3) is 0 Å². The third-order valence-electron chi connectivity index (χ3n) is 6.64. The van der Waals surface area contributed by atoms with E-state index in [1.54, 1.807) is 40.7 Å². The topological polar surface area (TPSA) is 53.8 Å². The lowest BCUT2D eigenvalue weighted by atomic mass is 9.93. The van der Waals surface area contributed by atoms with Gasteiger partial charge in [0.05, 0.1) is 18.8 Å². The van der Waals surface area contributed by atoms with Gasteiger partial charge in [-0.25, -0.2) is 0 Å². The predicted molar refractivity (Wildman–Crippen MR) is 146 cm³/mol. The number of hydrogen-bond donors (Lipinski definition) is 0. The maximum atomic E-state index is 13.8. The summed E-state index contributed by atoms with van der Waals surface area (Å²) < 4.78 is 5.50. The Morgan fingerprint density at radius 2 is 1.94 bits per heavy atom. The van der Waals surface area contributed by atoms with Gasteiger partial charge in [-0.3, -0.25) is 9.59 Å². The van der Waals surface area contributed by atoms with Crippen LogP contribution in [0.4, 0.5) is 0 Å². The highest BCUT2D eigenvalue weighted by Gasteiger charge is 2.35. The molecule has 1 atom stereocenters. The highest BCUT2D eigenvalue weighted by atomic mass is 35.5. The molecular formula is C28H32Cl2N2O3S. The first-order valence-electron chi connectivity index (χ1n) is 12.6. The van der Waals surface area contributed by atoms with Crippen LogP contribution >= 0.6 is 34.5 Å². The predicted octanol–water partition coefficient (Wildman–Crippen LogP) is 7.51. The van der Waals surface area contributed by atoms with Crippen LogP contribution in [0.1, 0.15) is 73.3 Å². The van der Waals surface area contributed by atoms with E-state index in [2.05, 4.69) is 18.4 Å². The fraction of sp³-hybridized carbons (Fsp3) is 0.429. The molecule has 1 unspecified atom stereocenters. The molecule has 5 nitrogen and oxygen atoms in total. The number of benzene rings is 1. The molecule has 0 saturated heterocycles. The lowest BCUT2D eigenvalue weighted by molar-refractivity contribution is -0.142. The minimum Gasteiger partial charge on any atom is -0.467 e. The molecule has 8 heteroatoms. The number of rotatable bonds is 11. The summed E-state index contributed by atoms with van der Waals surface area (Å²) in [7, 11) is 0. The van der Waals surface area contributed by atoms with Gasteiger partial charge in [0.2, 0.25) is 11.8 Å². The maximum Gasteiger partial charge on any atom is 0.243 e. The number of fused-ring (bicyclic) bond motifs is 1. The first-order valence-corrected chi connectivity index (χ1v) is 14.2. The lowest BCUT2D eigenvalue weighted by Crippen LogP contribution is -2.46. The van der Waals surface area contributed by atoms with Gasteiger partial charge in [0.15, 0.2) is 0 Å². The fourth-order valence-electron chi connectivity index (χ4n) is 4.76. The summed E-state index contributed by atoms with van der Waals surface area (Å²) in [6.07, 6.45) is 8.11. The highest BCUT2D eigenvalue weighted by molar-refractivity contribution is 7.10. The first kappa shape index (κ1) is 26.8. The van der Waals surface area contributed by atoms with Gasteiger partial charge in [-0.2, -0.15) is 0 Å². The summed E-state index contributed by atoms with van der Waals surface area (Å²) in [4.78, 5) is 31.7. The van der Waals surface area contributed by atoms with Gasteiger partial charge in [0, 0.05) is 27.9 Å². The van der Waals surface area contributed by atoms with E-state index in [4.69, 9.17) is 27.6 Å². The molecule has 0 saturated carbocycles. The minimum absolute atomic E-state index is 0.00429. The molecule has 0 fully saturated rings. The zero-order valence-electron chi connectivity index (χ0n) is 20.6. The first-order chi connectivity index (χ1) is 17.5. The van der Waals surface area contributed by atoms with Crippen LogP contribution in [-0.2, 0) is 22.6 Å². The number of amides is 2. The molecule has 2 aromatic heterocycles. The van der Waals surface area contributed by atoms with Crippen molar-refractivity contribution in [2.24, 2.45) is 0 Å². The van der Waals surface area contributed by atoms with Crippen LogP contribution in [0.2, 0.25) is 10.0 Å². The summed E-state index contributed by atoms with van der Waals surface area (Å²) >= 11 is 14.5. The fourth-order valence-corrected chi connectivity index (χ4v) is 6.17. The number of carbonyl (C=O) groups is 2. The van der Waals surface area contributed by atoms with Gasteiger partial charge >= 0.3 is 0 Å². The molecule has 0 bridgehead atoms. The molecule has 2 amide bonds. The molecule has 1 aliphatic heterocycles. The van der Waals surface area contributed by atoms with Crippen molar-refractivity contribution in [1.82, 2.24) is 9.80 Å². The van der Waals surface area contributed by atoms with Crippen LogP contribution < -0.4 is 0 Å². The van der Waals surface area contributed by atoms with Crippen molar-refractivity contribution in [3.8, 4) is 0 Å². The zero-order valence-corrected chi connectivity index (χ0v) is 22.9. The van der Waals surface area contributed by atoms with Crippen molar-refractivity contribution in [1.29, 1.82) is 0 Å². The number of unbranched alkanes of at least 4 members (excludes halogenated alkanes) is 4. The molecule has 0 aliphatic carbocycles. The maximum absolute atomic E-state index is 13.8. The zero-order chi connectivity index (χ0) is 25.5. The van der Waals surface area contributed by atoms with Crippen molar-refractivity contribution in [2.45, 2.75) is 64.5 Å². The normalized spacial score (nSPS) is 15.1. The van der Waals surface area contributed by atoms with E-state index in [0.717, 1.165) is 43.2 Å². The number of nitrogens with zero attached hydrogens (tertiary/aromatic N) is 2. The van der Waals surface area contributed by atoms with Crippen molar-refractivity contribution in [2.75, 3.05) is 13.1 Å². The van der Waals surface area contributed by atoms with E-state index >= 15 is 0 Å². The van der Waals surface area contributed by atoms with Gasteiger partial charge < -0.3 is 14.2 Å². The monoisotopic (exact) mass is 546 g/mol. The van der Waals surface area contributed by atoms with Gasteiger partial charge in [-0.1, -0.05) is 61.9 Å². The molecule has 0 radical (unpaired) electrons. The molecule has 3 heterocycles. The van der Waals surface area contributed by atoms with E-state index in [0.29, 0.717) is 28.8 Å². The Balaban J connectivity index is 1.54. The Bertz CT molecular complexity index is 1160. The second kappa shape index (κ2) is 12.8. The molecule has 0 N–H and O–H groups in total. The summed E-state index contributed by atoms with van der Waals surface area (Å²) in [5.41, 5.74) is 1.93. The standard InChI is InChI=1S/C28H32Cl2N2O3S/c1-2-3-4-5-6-9-26(33)31(18-21-8-7-15-35-21)19-27(34)32-14-12-25-23(13-16-36-25)28(32)22-11-10-20(29)17-24(22)30/h7-8,10-11,13,15-17,28H,2-6,9,12,14,18-19H2,1H3. The number of halogens is 2. The van der Waals surface area contributed by atoms with Crippen LogP contribution in [0.15, 0.2) is 52.5 Å². The Labute approximate surface area is 227 Å². The molecule has 1 aliphatic rings. The number of furan rings is 1. The molecule has 1 aromatic carbocycles. The van der Waals surface area contributed by atoms with E-state index in [1.165, 1.54) is 11.3 Å². The Hall–Kier alpha value is -2.28. The number of carbonyl (C=O) groups excluding carboxylic acids is 2. The smallest absolute Gasteiger partial charge is 0.243 e. The average molecular weight is 548 g/mol. The highest BCUT2D eigenvalue weighted by Crippen LogP contribution is 2.41. The number of thiophene rings is 1. The van der Waals surface area contributed by atoms with Crippen molar-refractivity contribution >= 4 is 46.4 Å². The largest absolute Gasteiger partial charge is 0.467 e. The van der Waals surface area contributed by atoms with Gasteiger partial charge in [0.1, 0.15) is 12.3 Å². The number of hydrogen-bond acceptors (Lipinski definition) is 4. The summed E-state index contributed by atoms with van der Waals surface area (Å²) in [5.74, 6) is 0.539. The van der Waals surface area contributed by atoms with Crippen molar-refractivity contribution in [3.63, 3.8) is 0 Å². The molecule has 36 heavy (non-hydrogen) atoms. The van der Waals surface area contributed by atoms with E-state index in [9.17, 15) is 9.59 Å². The molecule has 192 valence electrons. The van der Waals surface area contributed by atoms with Gasteiger partial charge in [-0.15, -0.1) is 11.3 Å². The van der Waals surface area contributed by atoms with E-state index < -0.39 is 0 Å². The molecule has 4 rings (SSSR count). The Kier molecular flexibility index (Phi) is 9.52. The SMILES string of the molecule is CCCCCCCC(=O)N(CC(=O)N1CCc2sccc2C1c1ccc(Cl)cc1Cl)Cc1ccco1. The molecule has 3 aromatic rings. The third-order valence-corrected chi connectivity index (χ3v) is 8.20. The summed E-state index contributed by atoms with van der Waals surface area (Å²) in [6.45, 7) is 3.01. The Morgan fingerprint density at radius 1 is 1.11 bits per heavy atom. The van der Waals surface area contributed by atoms with Crippen molar-refractivity contribution in [3.05, 3.63) is 79.9 Å². The minimum atomic E-state index is -0.313.